The fourth-order valence-corrected chi connectivity index (χ4v) is 5.00. The highest BCUT2D eigenvalue weighted by Gasteiger charge is 2.48. The molecule has 0 spiro atoms. The van der Waals surface area contributed by atoms with E-state index >= 15 is 0 Å². The van der Waals surface area contributed by atoms with E-state index in [2.05, 4.69) is 0 Å². The first kappa shape index (κ1) is 24.1. The minimum absolute atomic E-state index is 0.0636. The monoisotopic (exact) mass is 472 g/mol. The number of Topliss-reactive ketones (excluding diaryl/α,β-unsaturated/α-hetero) is 3. The van der Waals surface area contributed by atoms with Gasteiger partial charge in [0.1, 0.15) is 0 Å². The highest BCUT2D eigenvalue weighted by molar-refractivity contribution is 6.13. The molecule has 4 aromatic rings. The van der Waals surface area contributed by atoms with E-state index in [9.17, 15) is 19.2 Å². The standard InChI is InChI=1S/C28H28N2O5/c1-7-35-27(34)28(20(6)33,21-8-10-29-16(2)25(18(4)31)14-23(29)12-21)22-9-11-30-17(3)26(19(5)32)15-24(30)13-22/h8-15H,7H2,1-6H3. The Hall–Kier alpha value is -4.00. The molecule has 0 unspecified atom stereocenters. The quantitative estimate of drug-likeness (QED) is 0.222. The Morgan fingerprint density at radius 1 is 0.771 bits per heavy atom. The third kappa shape index (κ3) is 3.58. The topological polar surface area (TPSA) is 86.3 Å². The van der Waals surface area contributed by atoms with Crippen molar-refractivity contribution in [1.29, 1.82) is 0 Å². The second-order valence-electron chi connectivity index (χ2n) is 8.85. The van der Waals surface area contributed by atoms with Crippen LogP contribution in [0, 0.1) is 13.8 Å². The number of carbonyl (C=O) groups is 4. The van der Waals surface area contributed by atoms with Gasteiger partial charge in [-0.25, -0.2) is 0 Å². The molecular formula is C28H28N2O5. The number of ether oxygens (including phenoxy) is 1. The van der Waals surface area contributed by atoms with Gasteiger partial charge in [-0.2, -0.15) is 0 Å². The van der Waals surface area contributed by atoms with Crippen molar-refractivity contribution in [3.8, 4) is 0 Å². The molecule has 4 rings (SSSR count). The van der Waals surface area contributed by atoms with Gasteiger partial charge in [0.25, 0.3) is 0 Å². The molecule has 4 aromatic heterocycles. The van der Waals surface area contributed by atoms with Crippen LogP contribution in [0.3, 0.4) is 0 Å². The average Bonchev–Trinajstić information content (AvgIpc) is 3.31. The third-order valence-corrected chi connectivity index (χ3v) is 6.79. The molecule has 0 amide bonds. The molecule has 35 heavy (non-hydrogen) atoms. The Labute approximate surface area is 203 Å². The van der Waals surface area contributed by atoms with Crippen LogP contribution in [-0.4, -0.2) is 38.7 Å². The van der Waals surface area contributed by atoms with Gasteiger partial charge < -0.3 is 13.5 Å². The summed E-state index contributed by atoms with van der Waals surface area (Å²) in [6, 6.07) is 10.5. The maximum atomic E-state index is 13.6. The Morgan fingerprint density at radius 2 is 1.20 bits per heavy atom. The Balaban J connectivity index is 2.04. The molecule has 0 fully saturated rings. The predicted octanol–water partition coefficient (Wildman–Crippen LogP) is 4.65. The first-order valence-electron chi connectivity index (χ1n) is 11.5. The summed E-state index contributed by atoms with van der Waals surface area (Å²) in [5.41, 5.74) is 3.28. The van der Waals surface area contributed by atoms with E-state index in [-0.39, 0.29) is 18.2 Å². The van der Waals surface area contributed by atoms with E-state index in [0.29, 0.717) is 33.3 Å². The molecular weight excluding hydrogens is 444 g/mol. The molecule has 0 saturated heterocycles. The number of aryl methyl sites for hydroxylation is 2. The van der Waals surface area contributed by atoms with Crippen molar-refractivity contribution >= 4 is 34.4 Å². The van der Waals surface area contributed by atoms with Gasteiger partial charge in [0.05, 0.1) is 6.61 Å². The van der Waals surface area contributed by atoms with Gasteiger partial charge in [0.2, 0.25) is 0 Å². The number of ketones is 3. The Bertz CT molecular complexity index is 1440. The molecule has 0 N–H and O–H groups in total. The van der Waals surface area contributed by atoms with Crippen LogP contribution in [0.5, 0.6) is 0 Å². The number of hydrogen-bond acceptors (Lipinski definition) is 5. The Kier molecular flexibility index (Phi) is 5.97. The molecule has 180 valence electrons. The molecule has 7 heteroatoms. The summed E-state index contributed by atoms with van der Waals surface area (Å²) in [4.78, 5) is 51.1. The van der Waals surface area contributed by atoms with Gasteiger partial charge in [-0.05, 0) is 89.1 Å². The minimum Gasteiger partial charge on any atom is -0.465 e. The SMILES string of the molecule is CCOC(=O)C(C(C)=O)(c1ccn2c(C)c(C(C)=O)cc2c1)c1ccn2c(C)c(C(C)=O)cc2c1. The molecule has 0 atom stereocenters. The Morgan fingerprint density at radius 3 is 1.54 bits per heavy atom. The van der Waals surface area contributed by atoms with Crippen LogP contribution < -0.4 is 0 Å². The zero-order chi connectivity index (χ0) is 25.7. The van der Waals surface area contributed by atoms with Crippen LogP contribution in [0.2, 0.25) is 0 Å². The summed E-state index contributed by atoms with van der Waals surface area (Å²) in [6.07, 6.45) is 3.52. The molecule has 0 aromatic carbocycles. The molecule has 0 bridgehead atoms. The van der Waals surface area contributed by atoms with Crippen molar-refractivity contribution in [2.75, 3.05) is 6.61 Å². The molecule has 0 aliphatic carbocycles. The summed E-state index contributed by atoms with van der Waals surface area (Å²) >= 11 is 0. The normalized spacial score (nSPS) is 11.7. The summed E-state index contributed by atoms with van der Waals surface area (Å²) < 4.78 is 9.17. The fourth-order valence-electron chi connectivity index (χ4n) is 5.00. The highest BCUT2D eigenvalue weighted by atomic mass is 16.5. The molecule has 4 heterocycles. The number of fused-ring (bicyclic) bond motifs is 2. The summed E-state index contributed by atoms with van der Waals surface area (Å²) in [5.74, 6) is -1.20. The lowest BCUT2D eigenvalue weighted by molar-refractivity contribution is -0.151. The van der Waals surface area contributed by atoms with E-state index in [0.717, 1.165) is 11.4 Å². The van der Waals surface area contributed by atoms with Gasteiger partial charge in [0.15, 0.2) is 22.8 Å². The van der Waals surface area contributed by atoms with Gasteiger partial charge in [-0.1, -0.05) is 0 Å². The number of rotatable bonds is 7. The first-order valence-corrected chi connectivity index (χ1v) is 11.5. The fraction of sp³-hybridized carbons (Fsp3) is 0.286. The molecule has 0 saturated carbocycles. The smallest absolute Gasteiger partial charge is 0.328 e. The largest absolute Gasteiger partial charge is 0.465 e. The van der Waals surface area contributed by atoms with Crippen LogP contribution in [0.15, 0.2) is 48.8 Å². The van der Waals surface area contributed by atoms with Crippen LogP contribution >= 0.6 is 0 Å². The summed E-state index contributed by atoms with van der Waals surface area (Å²) in [5, 5.41) is 0. The number of aromatic nitrogens is 2. The first-order chi connectivity index (χ1) is 16.5. The maximum absolute atomic E-state index is 13.6. The number of esters is 1. The third-order valence-electron chi connectivity index (χ3n) is 6.79. The molecule has 7 nitrogen and oxygen atoms in total. The van der Waals surface area contributed by atoms with E-state index in [4.69, 9.17) is 4.74 Å². The lowest BCUT2D eigenvalue weighted by Crippen LogP contribution is -2.45. The van der Waals surface area contributed by atoms with Crippen molar-refractivity contribution < 1.29 is 23.9 Å². The van der Waals surface area contributed by atoms with Gasteiger partial charge in [-0.3, -0.25) is 19.2 Å². The van der Waals surface area contributed by atoms with Crippen molar-refractivity contribution in [3.05, 3.63) is 82.4 Å². The van der Waals surface area contributed by atoms with E-state index in [1.807, 2.05) is 22.6 Å². The van der Waals surface area contributed by atoms with Gasteiger partial charge in [-0.15, -0.1) is 0 Å². The predicted molar refractivity (Wildman–Crippen MR) is 132 cm³/mol. The number of nitrogens with zero attached hydrogens (tertiary/aromatic N) is 2. The van der Waals surface area contributed by atoms with Crippen molar-refractivity contribution in [3.63, 3.8) is 0 Å². The number of hydrogen-bond donors (Lipinski definition) is 0. The lowest BCUT2D eigenvalue weighted by Gasteiger charge is -2.30. The number of carbonyl (C=O) groups excluding carboxylic acids is 4. The highest BCUT2D eigenvalue weighted by Crippen LogP contribution is 2.37. The van der Waals surface area contributed by atoms with E-state index in [1.54, 1.807) is 55.7 Å². The van der Waals surface area contributed by atoms with Crippen LogP contribution in [0.1, 0.15) is 70.9 Å². The van der Waals surface area contributed by atoms with Crippen molar-refractivity contribution in [2.24, 2.45) is 0 Å². The van der Waals surface area contributed by atoms with Crippen LogP contribution in [-0.2, 0) is 19.7 Å². The molecule has 0 aliphatic rings. The zero-order valence-electron chi connectivity index (χ0n) is 20.8. The van der Waals surface area contributed by atoms with E-state index in [1.165, 1.54) is 20.8 Å². The van der Waals surface area contributed by atoms with E-state index < -0.39 is 17.2 Å². The second-order valence-corrected chi connectivity index (χ2v) is 8.85. The zero-order valence-corrected chi connectivity index (χ0v) is 20.8. The molecule has 0 radical (unpaired) electrons. The van der Waals surface area contributed by atoms with Crippen LogP contribution in [0.25, 0.3) is 11.0 Å². The number of pyridine rings is 2. The summed E-state index contributed by atoms with van der Waals surface area (Å²) in [7, 11) is 0. The van der Waals surface area contributed by atoms with Crippen molar-refractivity contribution in [2.45, 2.75) is 47.0 Å². The van der Waals surface area contributed by atoms with Crippen LogP contribution in [0.4, 0.5) is 0 Å². The van der Waals surface area contributed by atoms with Gasteiger partial charge >= 0.3 is 5.97 Å². The average molecular weight is 473 g/mol. The second kappa shape index (κ2) is 8.65. The maximum Gasteiger partial charge on any atom is 0.328 e. The van der Waals surface area contributed by atoms with Crippen molar-refractivity contribution in [1.82, 2.24) is 8.80 Å². The summed E-state index contributed by atoms with van der Waals surface area (Å²) in [6.45, 7) is 9.89. The lowest BCUT2D eigenvalue weighted by atomic mass is 9.72. The minimum atomic E-state index is -1.72. The van der Waals surface area contributed by atoms with Gasteiger partial charge in [0, 0.05) is 45.9 Å². The molecule has 0 aliphatic heterocycles.